The summed E-state index contributed by atoms with van der Waals surface area (Å²) in [6.45, 7) is 0.490. The molecule has 0 spiro atoms. The molecule has 1 saturated carbocycles. The van der Waals surface area contributed by atoms with Crippen LogP contribution in [0, 0.1) is 11.8 Å². The van der Waals surface area contributed by atoms with Crippen LogP contribution in [0.25, 0.3) is 0 Å². The van der Waals surface area contributed by atoms with E-state index >= 15 is 0 Å². The topological polar surface area (TPSA) is 63.3 Å². The minimum atomic E-state index is -0.666. The van der Waals surface area contributed by atoms with Gasteiger partial charge in [-0.2, -0.15) is 0 Å². The van der Waals surface area contributed by atoms with Gasteiger partial charge >= 0.3 is 5.97 Å². The lowest BCUT2D eigenvalue weighted by Crippen LogP contribution is -2.22. The van der Waals surface area contributed by atoms with Crippen LogP contribution in [-0.2, 0) is 4.79 Å². The lowest BCUT2D eigenvalue weighted by Gasteiger charge is -2.24. The highest BCUT2D eigenvalue weighted by Gasteiger charge is 2.22. The highest BCUT2D eigenvalue weighted by molar-refractivity contribution is 5.69. The molecule has 0 aromatic carbocycles. The number of rotatable bonds is 5. The Morgan fingerprint density at radius 1 is 1.36 bits per heavy atom. The van der Waals surface area contributed by atoms with E-state index in [-0.39, 0.29) is 5.92 Å². The minimum absolute atomic E-state index is 0.205. The van der Waals surface area contributed by atoms with E-state index in [2.05, 4.69) is 0 Å². The van der Waals surface area contributed by atoms with Crippen LogP contribution in [0.15, 0.2) is 0 Å². The highest BCUT2D eigenvalue weighted by Crippen LogP contribution is 2.29. The highest BCUT2D eigenvalue weighted by atomic mass is 16.4. The zero-order valence-corrected chi connectivity index (χ0v) is 8.74. The first-order valence-electron chi connectivity index (χ1n) is 5.67. The predicted octanol–water partition coefficient (Wildman–Crippen LogP) is 2.01. The van der Waals surface area contributed by atoms with E-state index in [1.807, 2.05) is 0 Å². The molecule has 0 radical (unpaired) electrons. The number of aliphatic carboxylic acids is 1. The van der Waals surface area contributed by atoms with Crippen LogP contribution < -0.4 is 5.73 Å². The van der Waals surface area contributed by atoms with Crippen molar-refractivity contribution in [2.75, 3.05) is 6.54 Å². The molecule has 1 aliphatic rings. The molecule has 1 atom stereocenters. The molecule has 3 N–H and O–H groups in total. The van der Waals surface area contributed by atoms with Crippen molar-refractivity contribution >= 4 is 5.97 Å². The molecule has 0 amide bonds. The molecule has 1 rings (SSSR count). The standard InChI is InChI=1S/C11H21NO2/c12-7-6-10(11(13)14)8-9-4-2-1-3-5-9/h9-10H,1-8,12H2,(H,13,14). The van der Waals surface area contributed by atoms with E-state index in [4.69, 9.17) is 10.8 Å². The van der Waals surface area contributed by atoms with Crippen molar-refractivity contribution in [3.05, 3.63) is 0 Å². The van der Waals surface area contributed by atoms with Gasteiger partial charge in [0.25, 0.3) is 0 Å². The first kappa shape index (κ1) is 11.5. The predicted molar refractivity (Wildman–Crippen MR) is 56.0 cm³/mol. The maximum Gasteiger partial charge on any atom is 0.306 e. The second-order valence-corrected chi connectivity index (χ2v) is 4.35. The second kappa shape index (κ2) is 6.02. The van der Waals surface area contributed by atoms with Gasteiger partial charge in [-0.25, -0.2) is 0 Å². The van der Waals surface area contributed by atoms with Crippen LogP contribution in [-0.4, -0.2) is 17.6 Å². The maximum absolute atomic E-state index is 10.9. The van der Waals surface area contributed by atoms with Gasteiger partial charge < -0.3 is 10.8 Å². The van der Waals surface area contributed by atoms with Crippen molar-refractivity contribution in [1.29, 1.82) is 0 Å². The summed E-state index contributed by atoms with van der Waals surface area (Å²) in [5, 5.41) is 8.98. The Balaban J connectivity index is 2.33. The van der Waals surface area contributed by atoms with E-state index in [1.165, 1.54) is 32.1 Å². The molecule has 1 aliphatic carbocycles. The summed E-state index contributed by atoms with van der Waals surface area (Å²) in [4.78, 5) is 10.9. The quantitative estimate of drug-likeness (QED) is 0.712. The van der Waals surface area contributed by atoms with E-state index in [0.29, 0.717) is 18.9 Å². The summed E-state index contributed by atoms with van der Waals surface area (Å²) in [5.74, 6) is -0.236. The van der Waals surface area contributed by atoms with Gasteiger partial charge in [-0.15, -0.1) is 0 Å². The Morgan fingerprint density at radius 2 is 2.00 bits per heavy atom. The summed E-state index contributed by atoms with van der Waals surface area (Å²) in [7, 11) is 0. The van der Waals surface area contributed by atoms with Gasteiger partial charge in [0.2, 0.25) is 0 Å². The van der Waals surface area contributed by atoms with Gasteiger partial charge in [0, 0.05) is 0 Å². The summed E-state index contributed by atoms with van der Waals surface area (Å²) in [6.07, 6.45) is 7.78. The molecule has 0 bridgehead atoms. The molecular formula is C11H21NO2. The zero-order chi connectivity index (χ0) is 10.4. The fourth-order valence-electron chi connectivity index (χ4n) is 2.37. The number of carbonyl (C=O) groups is 1. The Bertz CT molecular complexity index is 176. The molecule has 0 aliphatic heterocycles. The number of carboxylic acids is 1. The third-order valence-corrected chi connectivity index (χ3v) is 3.21. The van der Waals surface area contributed by atoms with Crippen LogP contribution in [0.4, 0.5) is 0 Å². The van der Waals surface area contributed by atoms with Crippen LogP contribution in [0.2, 0.25) is 0 Å². The van der Waals surface area contributed by atoms with Gasteiger partial charge in [-0.3, -0.25) is 4.79 Å². The number of hydrogen-bond acceptors (Lipinski definition) is 2. The second-order valence-electron chi connectivity index (χ2n) is 4.35. The van der Waals surface area contributed by atoms with Gasteiger partial charge in [-0.1, -0.05) is 32.1 Å². The fraction of sp³-hybridized carbons (Fsp3) is 0.909. The van der Waals surface area contributed by atoms with Gasteiger partial charge in [-0.05, 0) is 25.3 Å². The molecule has 0 aromatic rings. The average Bonchev–Trinajstić information content (AvgIpc) is 2.18. The van der Waals surface area contributed by atoms with Crippen LogP contribution >= 0.6 is 0 Å². The summed E-state index contributed by atoms with van der Waals surface area (Å²) < 4.78 is 0. The van der Waals surface area contributed by atoms with E-state index < -0.39 is 5.97 Å². The van der Waals surface area contributed by atoms with Crippen LogP contribution in [0.3, 0.4) is 0 Å². The number of carboxylic acid groups (broad SMARTS) is 1. The van der Waals surface area contributed by atoms with Crippen molar-refractivity contribution in [2.45, 2.75) is 44.9 Å². The third-order valence-electron chi connectivity index (χ3n) is 3.21. The lowest BCUT2D eigenvalue weighted by molar-refractivity contribution is -0.142. The average molecular weight is 199 g/mol. The molecule has 1 unspecified atom stereocenters. The van der Waals surface area contributed by atoms with Crippen molar-refractivity contribution < 1.29 is 9.90 Å². The Kier molecular flexibility index (Phi) is 4.94. The molecule has 3 heteroatoms. The summed E-state index contributed by atoms with van der Waals surface area (Å²) in [5.41, 5.74) is 5.41. The largest absolute Gasteiger partial charge is 0.481 e. The molecule has 0 aromatic heterocycles. The molecule has 0 heterocycles. The summed E-state index contributed by atoms with van der Waals surface area (Å²) in [6, 6.07) is 0. The normalized spacial score (nSPS) is 20.6. The molecule has 1 fully saturated rings. The lowest BCUT2D eigenvalue weighted by atomic mass is 9.82. The molecule has 3 nitrogen and oxygen atoms in total. The van der Waals surface area contributed by atoms with E-state index in [1.54, 1.807) is 0 Å². The summed E-state index contributed by atoms with van der Waals surface area (Å²) >= 11 is 0. The SMILES string of the molecule is NCCC(CC1CCCCC1)C(=O)O. The van der Waals surface area contributed by atoms with E-state index in [0.717, 1.165) is 6.42 Å². The fourth-order valence-corrected chi connectivity index (χ4v) is 2.37. The maximum atomic E-state index is 10.9. The third kappa shape index (κ3) is 3.66. The zero-order valence-electron chi connectivity index (χ0n) is 8.74. The number of hydrogen-bond donors (Lipinski definition) is 2. The minimum Gasteiger partial charge on any atom is -0.481 e. The molecule has 82 valence electrons. The van der Waals surface area contributed by atoms with Gasteiger partial charge in [0.05, 0.1) is 5.92 Å². The molecule has 14 heavy (non-hydrogen) atoms. The number of nitrogens with two attached hydrogens (primary N) is 1. The Morgan fingerprint density at radius 3 is 2.50 bits per heavy atom. The smallest absolute Gasteiger partial charge is 0.306 e. The van der Waals surface area contributed by atoms with Gasteiger partial charge in [0.1, 0.15) is 0 Å². The van der Waals surface area contributed by atoms with E-state index in [9.17, 15) is 4.79 Å². The van der Waals surface area contributed by atoms with Crippen LogP contribution in [0.5, 0.6) is 0 Å². The molecular weight excluding hydrogens is 178 g/mol. The van der Waals surface area contributed by atoms with Crippen molar-refractivity contribution in [2.24, 2.45) is 17.6 Å². The van der Waals surface area contributed by atoms with Crippen LogP contribution in [0.1, 0.15) is 44.9 Å². The first-order chi connectivity index (χ1) is 6.74. The van der Waals surface area contributed by atoms with Crippen molar-refractivity contribution in [3.63, 3.8) is 0 Å². The first-order valence-corrected chi connectivity index (χ1v) is 5.67. The molecule has 0 saturated heterocycles. The Labute approximate surface area is 85.7 Å². The monoisotopic (exact) mass is 199 g/mol. The Hall–Kier alpha value is -0.570. The van der Waals surface area contributed by atoms with Crippen molar-refractivity contribution in [1.82, 2.24) is 0 Å². The van der Waals surface area contributed by atoms with Crippen molar-refractivity contribution in [3.8, 4) is 0 Å². The van der Waals surface area contributed by atoms with Gasteiger partial charge in [0.15, 0.2) is 0 Å².